The van der Waals surface area contributed by atoms with Crippen molar-refractivity contribution in [3.8, 4) is 0 Å². The molecule has 1 aromatic carbocycles. The standard InChI is InChI=1S/C14H13F7O2/c1-8(22)9-4-3-5-10(6-9)11(2,23)7-12(15,16)13(17,18)14(19,20)21/h3-6,23H,7H2,1-2H3. The zero-order valence-electron chi connectivity index (χ0n) is 12.0. The van der Waals surface area contributed by atoms with Crippen LogP contribution in [0.3, 0.4) is 0 Å². The normalized spacial score (nSPS) is 16.1. The van der Waals surface area contributed by atoms with Crippen LogP contribution in [-0.2, 0) is 5.60 Å². The van der Waals surface area contributed by atoms with Crippen LogP contribution in [0.1, 0.15) is 36.2 Å². The molecule has 0 amide bonds. The molecule has 0 aromatic heterocycles. The Balaban J connectivity index is 3.20. The van der Waals surface area contributed by atoms with Gasteiger partial charge in [0.25, 0.3) is 0 Å². The molecule has 23 heavy (non-hydrogen) atoms. The van der Waals surface area contributed by atoms with Crippen LogP contribution in [0.25, 0.3) is 0 Å². The summed E-state index contributed by atoms with van der Waals surface area (Å²) in [4.78, 5) is 11.2. The fourth-order valence-corrected chi connectivity index (χ4v) is 1.93. The molecule has 0 fully saturated rings. The van der Waals surface area contributed by atoms with Crippen molar-refractivity contribution in [3.05, 3.63) is 35.4 Å². The summed E-state index contributed by atoms with van der Waals surface area (Å²) in [6, 6.07) is 4.49. The minimum absolute atomic E-state index is 0.00586. The maximum Gasteiger partial charge on any atom is 0.459 e. The van der Waals surface area contributed by atoms with E-state index in [2.05, 4.69) is 0 Å². The van der Waals surface area contributed by atoms with Gasteiger partial charge in [0.1, 0.15) is 0 Å². The van der Waals surface area contributed by atoms with Gasteiger partial charge in [0.05, 0.1) is 12.0 Å². The van der Waals surface area contributed by atoms with Crippen molar-refractivity contribution in [2.45, 2.75) is 43.9 Å². The largest absolute Gasteiger partial charge is 0.459 e. The molecule has 1 unspecified atom stereocenters. The highest BCUT2D eigenvalue weighted by atomic mass is 19.4. The monoisotopic (exact) mass is 346 g/mol. The Morgan fingerprint density at radius 1 is 1.09 bits per heavy atom. The Morgan fingerprint density at radius 3 is 2.04 bits per heavy atom. The van der Waals surface area contributed by atoms with E-state index in [1.54, 1.807) is 0 Å². The summed E-state index contributed by atoms with van der Waals surface area (Å²) in [5.74, 6) is -12.3. The number of alkyl halides is 7. The molecule has 130 valence electrons. The van der Waals surface area contributed by atoms with Crippen molar-refractivity contribution < 1.29 is 40.6 Å². The van der Waals surface area contributed by atoms with Gasteiger partial charge in [-0.1, -0.05) is 18.2 Å². The van der Waals surface area contributed by atoms with E-state index in [9.17, 15) is 40.6 Å². The van der Waals surface area contributed by atoms with Gasteiger partial charge in [0.15, 0.2) is 5.78 Å². The second-order valence-corrected chi connectivity index (χ2v) is 5.36. The maximum atomic E-state index is 13.4. The average Bonchev–Trinajstić information content (AvgIpc) is 2.36. The van der Waals surface area contributed by atoms with E-state index in [0.29, 0.717) is 6.92 Å². The first kappa shape index (κ1) is 19.4. The number of halogens is 7. The van der Waals surface area contributed by atoms with Gasteiger partial charge in [-0.15, -0.1) is 0 Å². The van der Waals surface area contributed by atoms with E-state index >= 15 is 0 Å². The second-order valence-electron chi connectivity index (χ2n) is 5.36. The van der Waals surface area contributed by atoms with Crippen molar-refractivity contribution in [2.24, 2.45) is 0 Å². The van der Waals surface area contributed by atoms with Gasteiger partial charge in [0.2, 0.25) is 0 Å². The number of hydrogen-bond acceptors (Lipinski definition) is 2. The van der Waals surface area contributed by atoms with Gasteiger partial charge in [-0.2, -0.15) is 30.7 Å². The zero-order chi connectivity index (χ0) is 18.3. The number of aliphatic hydroxyl groups is 1. The van der Waals surface area contributed by atoms with Gasteiger partial charge in [0, 0.05) is 5.56 Å². The Labute approximate surface area is 126 Å². The van der Waals surface area contributed by atoms with Crippen LogP contribution in [0.4, 0.5) is 30.7 Å². The first-order valence-electron chi connectivity index (χ1n) is 6.28. The van der Waals surface area contributed by atoms with E-state index in [0.717, 1.165) is 19.1 Å². The first-order valence-corrected chi connectivity index (χ1v) is 6.28. The van der Waals surface area contributed by atoms with E-state index in [1.165, 1.54) is 12.1 Å². The number of carbonyl (C=O) groups is 1. The third-order valence-corrected chi connectivity index (χ3v) is 3.27. The molecule has 9 heteroatoms. The van der Waals surface area contributed by atoms with Crippen molar-refractivity contribution in [1.29, 1.82) is 0 Å². The van der Waals surface area contributed by atoms with Crippen LogP contribution in [0, 0.1) is 0 Å². The lowest BCUT2D eigenvalue weighted by atomic mass is 9.86. The number of benzene rings is 1. The summed E-state index contributed by atoms with van der Waals surface area (Å²) in [5.41, 5.74) is -3.08. The third kappa shape index (κ3) is 3.82. The molecule has 0 heterocycles. The molecular weight excluding hydrogens is 333 g/mol. The van der Waals surface area contributed by atoms with Crippen molar-refractivity contribution >= 4 is 5.78 Å². The third-order valence-electron chi connectivity index (χ3n) is 3.27. The molecule has 1 aromatic rings. The summed E-state index contributed by atoms with van der Waals surface area (Å²) in [6.45, 7) is 1.81. The van der Waals surface area contributed by atoms with Gasteiger partial charge in [-0.3, -0.25) is 4.79 Å². The topological polar surface area (TPSA) is 37.3 Å². The Bertz CT molecular complexity index is 591. The Morgan fingerprint density at radius 2 is 1.61 bits per heavy atom. The lowest BCUT2D eigenvalue weighted by Crippen LogP contribution is -2.54. The van der Waals surface area contributed by atoms with E-state index in [4.69, 9.17) is 0 Å². The summed E-state index contributed by atoms with van der Waals surface area (Å²) < 4.78 is 89.1. The van der Waals surface area contributed by atoms with E-state index < -0.39 is 35.8 Å². The fraction of sp³-hybridized carbons (Fsp3) is 0.500. The number of ketones is 1. The summed E-state index contributed by atoms with van der Waals surface area (Å²) in [5, 5.41) is 9.96. The Kier molecular flexibility index (Phi) is 4.87. The molecule has 1 N–H and O–H groups in total. The molecule has 0 saturated carbocycles. The lowest BCUT2D eigenvalue weighted by Gasteiger charge is -2.34. The second kappa shape index (κ2) is 5.77. The molecule has 0 aliphatic heterocycles. The van der Waals surface area contributed by atoms with Crippen molar-refractivity contribution in [1.82, 2.24) is 0 Å². The van der Waals surface area contributed by atoms with Crippen molar-refractivity contribution in [2.75, 3.05) is 0 Å². The first-order chi connectivity index (χ1) is 10.1. The minimum atomic E-state index is -6.46. The molecule has 1 rings (SSSR count). The van der Waals surface area contributed by atoms with Gasteiger partial charge in [-0.05, 0) is 25.5 Å². The fourth-order valence-electron chi connectivity index (χ4n) is 1.93. The summed E-state index contributed by atoms with van der Waals surface area (Å²) in [7, 11) is 0. The van der Waals surface area contributed by atoms with Crippen LogP contribution >= 0.6 is 0 Å². The van der Waals surface area contributed by atoms with E-state index in [-0.39, 0.29) is 11.1 Å². The van der Waals surface area contributed by atoms with Crippen LogP contribution in [-0.4, -0.2) is 28.9 Å². The molecule has 0 saturated heterocycles. The molecular formula is C14H13F7O2. The van der Waals surface area contributed by atoms with Gasteiger partial charge in [-0.25, -0.2) is 0 Å². The average molecular weight is 346 g/mol. The molecule has 2 nitrogen and oxygen atoms in total. The molecule has 0 bridgehead atoms. The number of hydrogen-bond donors (Lipinski definition) is 1. The zero-order valence-corrected chi connectivity index (χ0v) is 12.0. The lowest BCUT2D eigenvalue weighted by molar-refractivity contribution is -0.361. The highest BCUT2D eigenvalue weighted by Gasteiger charge is 2.73. The molecule has 0 aliphatic carbocycles. The SMILES string of the molecule is CC(=O)c1cccc(C(C)(O)CC(F)(F)C(F)(F)C(F)(F)F)c1. The molecule has 0 spiro atoms. The summed E-state index contributed by atoms with van der Waals surface area (Å²) in [6.07, 6.45) is -8.64. The quantitative estimate of drug-likeness (QED) is 0.637. The van der Waals surface area contributed by atoms with Crippen LogP contribution in [0.2, 0.25) is 0 Å². The highest BCUT2D eigenvalue weighted by molar-refractivity contribution is 5.94. The van der Waals surface area contributed by atoms with Crippen LogP contribution < -0.4 is 0 Å². The summed E-state index contributed by atoms with van der Waals surface area (Å²) >= 11 is 0. The minimum Gasteiger partial charge on any atom is -0.385 e. The van der Waals surface area contributed by atoms with Crippen LogP contribution in [0.5, 0.6) is 0 Å². The molecule has 0 aliphatic rings. The molecule has 1 atom stereocenters. The Hall–Kier alpha value is -1.64. The van der Waals surface area contributed by atoms with Gasteiger partial charge >= 0.3 is 18.0 Å². The number of Topliss-reactive ketones (excluding diaryl/α,β-unsaturated/α-hetero) is 1. The number of carbonyl (C=O) groups excluding carboxylic acids is 1. The van der Waals surface area contributed by atoms with Gasteiger partial charge < -0.3 is 5.11 Å². The highest BCUT2D eigenvalue weighted by Crippen LogP contribution is 2.50. The predicted molar refractivity (Wildman–Crippen MR) is 66.6 cm³/mol. The maximum absolute atomic E-state index is 13.4. The smallest absolute Gasteiger partial charge is 0.385 e. The predicted octanol–water partition coefficient (Wildman–Crippen LogP) is 4.32. The number of rotatable bonds is 5. The van der Waals surface area contributed by atoms with Crippen LogP contribution in [0.15, 0.2) is 24.3 Å². The molecule has 0 radical (unpaired) electrons. The van der Waals surface area contributed by atoms with E-state index in [1.807, 2.05) is 0 Å². The van der Waals surface area contributed by atoms with Crippen molar-refractivity contribution in [3.63, 3.8) is 0 Å².